The van der Waals surface area contributed by atoms with Gasteiger partial charge in [0, 0.05) is 11.6 Å². The molecule has 1 atom stereocenters. The highest BCUT2D eigenvalue weighted by Gasteiger charge is 2.11. The first-order valence-corrected chi connectivity index (χ1v) is 7.27. The molecular weight excluding hydrogens is 258 g/mol. The van der Waals surface area contributed by atoms with Gasteiger partial charge >= 0.3 is 0 Å². The van der Waals surface area contributed by atoms with E-state index in [1.165, 1.54) is 0 Å². The second kappa shape index (κ2) is 6.43. The van der Waals surface area contributed by atoms with E-state index in [1.54, 1.807) is 11.3 Å². The van der Waals surface area contributed by atoms with Gasteiger partial charge in [0.15, 0.2) is 0 Å². The van der Waals surface area contributed by atoms with Crippen LogP contribution in [-0.2, 0) is 0 Å². The zero-order valence-electron chi connectivity index (χ0n) is 11.2. The molecule has 1 aromatic heterocycles. The highest BCUT2D eigenvalue weighted by Crippen LogP contribution is 2.32. The van der Waals surface area contributed by atoms with Crippen molar-refractivity contribution in [3.63, 3.8) is 0 Å². The van der Waals surface area contributed by atoms with Crippen LogP contribution < -0.4 is 15.8 Å². The predicted octanol–water partition coefficient (Wildman–Crippen LogP) is 3.69. The maximum absolute atomic E-state index is 6.12. The first-order valence-electron chi connectivity index (χ1n) is 6.39. The third-order valence-electron chi connectivity index (χ3n) is 2.72. The van der Waals surface area contributed by atoms with Gasteiger partial charge in [-0.15, -0.1) is 11.3 Å². The molecule has 4 nitrogen and oxygen atoms in total. The molecule has 19 heavy (non-hydrogen) atoms. The smallest absolute Gasteiger partial charge is 0.144 e. The summed E-state index contributed by atoms with van der Waals surface area (Å²) in [7, 11) is 0. The number of thiazole rings is 1. The summed E-state index contributed by atoms with van der Waals surface area (Å²) in [4.78, 5) is 4.30. The molecule has 0 fully saturated rings. The largest absolute Gasteiger partial charge is 0.491 e. The van der Waals surface area contributed by atoms with Crippen LogP contribution in [0.1, 0.15) is 31.3 Å². The molecule has 0 aliphatic carbocycles. The summed E-state index contributed by atoms with van der Waals surface area (Å²) in [6.45, 7) is 4.82. The number of hydrogen-bond acceptors (Lipinski definition) is 5. The lowest BCUT2D eigenvalue weighted by Gasteiger charge is -2.17. The van der Waals surface area contributed by atoms with E-state index in [2.05, 4.69) is 24.1 Å². The first kappa shape index (κ1) is 13.7. The van der Waals surface area contributed by atoms with Crippen molar-refractivity contribution >= 4 is 22.7 Å². The lowest BCUT2D eigenvalue weighted by Crippen LogP contribution is -2.09. The van der Waals surface area contributed by atoms with Gasteiger partial charge < -0.3 is 15.8 Å². The Morgan fingerprint density at radius 3 is 3.00 bits per heavy atom. The fraction of sp³-hybridized carbons (Fsp3) is 0.357. The number of benzene rings is 1. The highest BCUT2D eigenvalue weighted by molar-refractivity contribution is 7.09. The molecule has 0 spiro atoms. The SMILES string of the molecule is CCCOc1cccc(NC(C)c2nccs2)c1N. The Bertz CT molecular complexity index is 513. The average Bonchev–Trinajstić information content (AvgIpc) is 2.94. The number of hydrogen-bond donors (Lipinski definition) is 2. The molecule has 0 radical (unpaired) electrons. The van der Waals surface area contributed by atoms with Gasteiger partial charge in [-0.1, -0.05) is 13.0 Å². The average molecular weight is 277 g/mol. The van der Waals surface area contributed by atoms with Crippen LogP contribution in [0.25, 0.3) is 0 Å². The summed E-state index contributed by atoms with van der Waals surface area (Å²) in [5, 5.41) is 6.38. The summed E-state index contributed by atoms with van der Waals surface area (Å²) in [5.74, 6) is 0.734. The minimum atomic E-state index is 0.128. The van der Waals surface area contributed by atoms with Crippen molar-refractivity contribution in [1.29, 1.82) is 0 Å². The normalized spacial score (nSPS) is 12.1. The van der Waals surface area contributed by atoms with Crippen molar-refractivity contribution in [2.24, 2.45) is 0 Å². The van der Waals surface area contributed by atoms with Crippen molar-refractivity contribution in [1.82, 2.24) is 4.98 Å². The van der Waals surface area contributed by atoms with Gasteiger partial charge in [0.1, 0.15) is 10.8 Å². The van der Waals surface area contributed by atoms with Crippen LogP contribution >= 0.6 is 11.3 Å². The molecule has 102 valence electrons. The van der Waals surface area contributed by atoms with Crippen molar-refractivity contribution in [3.8, 4) is 5.75 Å². The van der Waals surface area contributed by atoms with E-state index in [9.17, 15) is 0 Å². The second-order valence-electron chi connectivity index (χ2n) is 4.30. The van der Waals surface area contributed by atoms with Crippen LogP contribution in [0.4, 0.5) is 11.4 Å². The van der Waals surface area contributed by atoms with E-state index in [1.807, 2.05) is 29.8 Å². The maximum atomic E-state index is 6.12. The molecule has 1 aromatic carbocycles. The molecule has 0 saturated carbocycles. The van der Waals surface area contributed by atoms with E-state index < -0.39 is 0 Å². The number of rotatable bonds is 6. The highest BCUT2D eigenvalue weighted by atomic mass is 32.1. The fourth-order valence-corrected chi connectivity index (χ4v) is 2.40. The van der Waals surface area contributed by atoms with Crippen LogP contribution in [0.2, 0.25) is 0 Å². The molecule has 1 heterocycles. The molecule has 1 unspecified atom stereocenters. The van der Waals surface area contributed by atoms with Gasteiger partial charge in [-0.2, -0.15) is 0 Å². The van der Waals surface area contributed by atoms with Crippen LogP contribution in [0.3, 0.4) is 0 Å². The summed E-state index contributed by atoms with van der Waals surface area (Å²) in [6.07, 6.45) is 2.77. The van der Waals surface area contributed by atoms with Crippen LogP contribution in [-0.4, -0.2) is 11.6 Å². The third kappa shape index (κ3) is 3.38. The Hall–Kier alpha value is -1.75. The lowest BCUT2D eigenvalue weighted by molar-refractivity contribution is 0.319. The molecule has 3 N–H and O–H groups in total. The first-order chi connectivity index (χ1) is 9.22. The minimum absolute atomic E-state index is 0.128. The van der Waals surface area contributed by atoms with Gasteiger partial charge in [-0.25, -0.2) is 4.98 Å². The van der Waals surface area contributed by atoms with Gasteiger partial charge in [0.25, 0.3) is 0 Å². The summed E-state index contributed by atoms with van der Waals surface area (Å²) >= 11 is 1.63. The van der Waals surface area contributed by atoms with Crippen molar-refractivity contribution in [3.05, 3.63) is 34.8 Å². The van der Waals surface area contributed by atoms with Crippen molar-refractivity contribution in [2.45, 2.75) is 26.3 Å². The van der Waals surface area contributed by atoms with Crippen LogP contribution in [0, 0.1) is 0 Å². The third-order valence-corrected chi connectivity index (χ3v) is 3.68. The standard InChI is InChI=1S/C14H19N3OS/c1-3-8-18-12-6-4-5-11(13(12)15)17-10(2)14-16-7-9-19-14/h4-7,9-10,17H,3,8,15H2,1-2H3. The molecule has 0 bridgehead atoms. The Balaban J connectivity index is 2.12. The van der Waals surface area contributed by atoms with Gasteiger partial charge in [0.05, 0.1) is 24.0 Å². The van der Waals surface area contributed by atoms with Crippen LogP contribution in [0.15, 0.2) is 29.8 Å². The lowest BCUT2D eigenvalue weighted by atomic mass is 10.2. The Kier molecular flexibility index (Phi) is 4.63. The molecular formula is C14H19N3OS. The molecule has 2 aromatic rings. The number of nitrogens with one attached hydrogen (secondary N) is 1. The number of aromatic nitrogens is 1. The zero-order valence-corrected chi connectivity index (χ0v) is 12.0. The van der Waals surface area contributed by atoms with E-state index in [0.717, 1.165) is 22.9 Å². The summed E-state index contributed by atoms with van der Waals surface area (Å²) in [5.41, 5.74) is 7.66. The monoisotopic (exact) mass is 277 g/mol. The van der Waals surface area contributed by atoms with Gasteiger partial charge in [0.2, 0.25) is 0 Å². The maximum Gasteiger partial charge on any atom is 0.144 e. The van der Waals surface area contributed by atoms with Crippen LogP contribution in [0.5, 0.6) is 5.75 Å². The van der Waals surface area contributed by atoms with E-state index >= 15 is 0 Å². The Morgan fingerprint density at radius 2 is 2.32 bits per heavy atom. The summed E-state index contributed by atoms with van der Waals surface area (Å²) in [6, 6.07) is 5.92. The second-order valence-corrected chi connectivity index (χ2v) is 5.23. The van der Waals surface area contributed by atoms with Gasteiger partial charge in [-0.05, 0) is 25.5 Å². The number of nitrogens with two attached hydrogens (primary N) is 1. The van der Waals surface area contributed by atoms with Gasteiger partial charge in [-0.3, -0.25) is 0 Å². The topological polar surface area (TPSA) is 60.2 Å². The molecule has 0 saturated heterocycles. The molecule has 0 aliphatic rings. The fourth-order valence-electron chi connectivity index (χ4n) is 1.75. The molecule has 0 amide bonds. The number of nitrogens with zero attached hydrogens (tertiary/aromatic N) is 1. The molecule has 5 heteroatoms. The Morgan fingerprint density at radius 1 is 1.47 bits per heavy atom. The zero-order chi connectivity index (χ0) is 13.7. The van der Waals surface area contributed by atoms with Crippen molar-refractivity contribution < 1.29 is 4.74 Å². The number of nitrogen functional groups attached to an aromatic ring is 1. The molecule has 2 rings (SSSR count). The summed E-state index contributed by atoms with van der Waals surface area (Å²) < 4.78 is 5.62. The number of para-hydroxylation sites is 1. The number of ether oxygens (including phenoxy) is 1. The van der Waals surface area contributed by atoms with Crippen molar-refractivity contribution in [2.75, 3.05) is 17.7 Å². The molecule has 0 aliphatic heterocycles. The predicted molar refractivity (Wildman–Crippen MR) is 80.8 cm³/mol. The van der Waals surface area contributed by atoms with E-state index in [-0.39, 0.29) is 6.04 Å². The van der Waals surface area contributed by atoms with E-state index in [4.69, 9.17) is 10.5 Å². The quantitative estimate of drug-likeness (QED) is 0.791. The Labute approximate surface area is 117 Å². The minimum Gasteiger partial charge on any atom is -0.491 e. The van der Waals surface area contributed by atoms with E-state index in [0.29, 0.717) is 12.3 Å². The number of anilines is 2.